The molecule has 2 aromatic heterocycles. The Morgan fingerprint density at radius 3 is 2.70 bits per heavy atom. The molecular weight excluding hydrogens is 490 g/mol. The van der Waals surface area contributed by atoms with Crippen molar-refractivity contribution in [2.24, 2.45) is 4.99 Å². The molecular formula is C26H25F4N5O2. The van der Waals surface area contributed by atoms with Gasteiger partial charge in [-0.25, -0.2) is 4.39 Å². The number of aliphatic imine (C=N–C) groups is 1. The maximum Gasteiger partial charge on any atom is 0.416 e. The molecule has 0 amide bonds. The molecule has 3 heterocycles. The van der Waals surface area contributed by atoms with Crippen LogP contribution in [0.5, 0.6) is 0 Å². The molecule has 0 saturated heterocycles. The third kappa shape index (κ3) is 4.64. The second kappa shape index (κ2) is 9.07. The Labute approximate surface area is 210 Å². The van der Waals surface area contributed by atoms with E-state index in [1.165, 1.54) is 34.7 Å². The summed E-state index contributed by atoms with van der Waals surface area (Å²) >= 11 is 0. The van der Waals surface area contributed by atoms with Gasteiger partial charge in [-0.05, 0) is 49.1 Å². The molecule has 7 nitrogen and oxygen atoms in total. The lowest BCUT2D eigenvalue weighted by atomic mass is 9.97. The van der Waals surface area contributed by atoms with E-state index in [0.717, 1.165) is 12.3 Å². The van der Waals surface area contributed by atoms with Gasteiger partial charge in [0.2, 0.25) is 0 Å². The molecule has 194 valence electrons. The van der Waals surface area contributed by atoms with E-state index >= 15 is 0 Å². The Hall–Kier alpha value is -3.57. The number of hydrogen-bond acceptors (Lipinski definition) is 5. The van der Waals surface area contributed by atoms with Crippen molar-refractivity contribution in [1.29, 1.82) is 0 Å². The number of hydrogen-bond donors (Lipinski definition) is 2. The number of alkyl halides is 3. The summed E-state index contributed by atoms with van der Waals surface area (Å²) in [5.74, 6) is -0.231. The zero-order valence-corrected chi connectivity index (χ0v) is 20.3. The van der Waals surface area contributed by atoms with Crippen molar-refractivity contribution in [3.63, 3.8) is 0 Å². The number of nitrogens with one attached hydrogen (secondary N) is 1. The molecule has 5 rings (SSSR count). The Morgan fingerprint density at radius 2 is 2.00 bits per heavy atom. The number of pyridine rings is 2. The summed E-state index contributed by atoms with van der Waals surface area (Å²) in [7, 11) is 1.57. The average Bonchev–Trinajstić information content (AvgIpc) is 3.62. The van der Waals surface area contributed by atoms with E-state index in [-0.39, 0.29) is 23.1 Å². The zero-order chi connectivity index (χ0) is 26.6. The van der Waals surface area contributed by atoms with Gasteiger partial charge in [0, 0.05) is 48.6 Å². The first-order chi connectivity index (χ1) is 17.5. The minimum absolute atomic E-state index is 0.0878. The van der Waals surface area contributed by atoms with Crippen molar-refractivity contribution in [3.05, 3.63) is 98.5 Å². The fourth-order valence-electron chi connectivity index (χ4n) is 4.98. The molecule has 4 atom stereocenters. The van der Waals surface area contributed by atoms with Crippen LogP contribution in [0.1, 0.15) is 71.0 Å². The van der Waals surface area contributed by atoms with E-state index in [1.54, 1.807) is 32.4 Å². The predicted molar refractivity (Wildman–Crippen MR) is 128 cm³/mol. The standard InChI is InChI=1S/C26H25F4N5O2/c1-13-17(5-4-6-21(13)26(28,29)30)14(2)32-24-20-12-35(23(36)9-19(20)25(37)34(3)33-24)22-8-18(22)15-7-16(27)11-31-10-15/h4-7,9-12,14,18,22,25,37H,8H2,1-3H3,(H,32,33)/t14-,18+,22-,25?/m1/s1. The quantitative estimate of drug-likeness (QED) is 0.504. The lowest BCUT2D eigenvalue weighted by molar-refractivity contribution is -0.138. The van der Waals surface area contributed by atoms with E-state index in [2.05, 4.69) is 15.4 Å². The van der Waals surface area contributed by atoms with Gasteiger partial charge in [-0.2, -0.15) is 18.2 Å². The monoisotopic (exact) mass is 515 g/mol. The summed E-state index contributed by atoms with van der Waals surface area (Å²) in [4.78, 5) is 21.5. The molecule has 11 heteroatoms. The Morgan fingerprint density at radius 1 is 1.24 bits per heavy atom. The number of amidine groups is 1. The molecule has 1 aliphatic heterocycles. The minimum atomic E-state index is -4.49. The van der Waals surface area contributed by atoms with Crippen LogP contribution in [0, 0.1) is 12.7 Å². The number of halogens is 4. The largest absolute Gasteiger partial charge is 0.416 e. The number of fused-ring (bicyclic) bond motifs is 1. The van der Waals surface area contributed by atoms with Gasteiger partial charge >= 0.3 is 6.18 Å². The number of benzene rings is 1. The molecule has 1 aromatic carbocycles. The van der Waals surface area contributed by atoms with E-state index in [1.807, 2.05) is 0 Å². The minimum Gasteiger partial charge on any atom is -0.372 e. The topological polar surface area (TPSA) is 82.8 Å². The first-order valence-corrected chi connectivity index (χ1v) is 11.7. The molecule has 0 radical (unpaired) electrons. The van der Waals surface area contributed by atoms with Crippen molar-refractivity contribution in [3.8, 4) is 0 Å². The Balaban J connectivity index is 1.54. The summed E-state index contributed by atoms with van der Waals surface area (Å²) in [5, 5.41) is 12.1. The van der Waals surface area contributed by atoms with E-state index in [9.17, 15) is 27.5 Å². The van der Waals surface area contributed by atoms with Gasteiger partial charge in [-0.1, -0.05) is 12.1 Å². The number of hydrazine groups is 1. The zero-order valence-electron chi connectivity index (χ0n) is 20.3. The first-order valence-electron chi connectivity index (χ1n) is 11.7. The van der Waals surface area contributed by atoms with Gasteiger partial charge in [0.05, 0.1) is 17.8 Å². The molecule has 1 saturated carbocycles. The lowest BCUT2D eigenvalue weighted by Gasteiger charge is -2.33. The van der Waals surface area contributed by atoms with Gasteiger partial charge in [0.25, 0.3) is 5.56 Å². The third-order valence-corrected chi connectivity index (χ3v) is 7.02. The summed E-state index contributed by atoms with van der Waals surface area (Å²) in [5.41, 5.74) is 3.92. The number of aliphatic hydroxyl groups is 1. The lowest BCUT2D eigenvalue weighted by Crippen LogP contribution is -2.48. The molecule has 0 spiro atoms. The van der Waals surface area contributed by atoms with Crippen molar-refractivity contribution in [1.82, 2.24) is 20.0 Å². The van der Waals surface area contributed by atoms with Crippen LogP contribution in [0.4, 0.5) is 17.6 Å². The summed E-state index contributed by atoms with van der Waals surface area (Å²) in [6, 6.07) is 5.85. The predicted octanol–water partition coefficient (Wildman–Crippen LogP) is 4.39. The van der Waals surface area contributed by atoms with Gasteiger partial charge in [0.15, 0.2) is 6.23 Å². The molecule has 37 heavy (non-hydrogen) atoms. The molecule has 2 N–H and O–H groups in total. The van der Waals surface area contributed by atoms with Gasteiger partial charge in [-0.15, -0.1) is 0 Å². The van der Waals surface area contributed by atoms with Crippen molar-refractivity contribution in [2.75, 3.05) is 7.05 Å². The molecule has 1 unspecified atom stereocenters. The number of aliphatic hydroxyl groups excluding tert-OH is 1. The van der Waals surface area contributed by atoms with Gasteiger partial charge < -0.3 is 15.1 Å². The number of rotatable bonds is 4. The maximum atomic E-state index is 13.7. The van der Waals surface area contributed by atoms with Crippen LogP contribution < -0.4 is 11.0 Å². The Bertz CT molecular complexity index is 1450. The molecule has 1 aliphatic carbocycles. The van der Waals surface area contributed by atoms with Crippen LogP contribution in [-0.4, -0.2) is 32.5 Å². The third-order valence-electron chi connectivity index (χ3n) is 7.02. The van der Waals surface area contributed by atoms with Crippen LogP contribution in [0.3, 0.4) is 0 Å². The fraction of sp³-hybridized carbons (Fsp3) is 0.346. The van der Waals surface area contributed by atoms with Crippen molar-refractivity contribution < 1.29 is 22.7 Å². The molecule has 1 fully saturated rings. The van der Waals surface area contributed by atoms with Crippen molar-refractivity contribution in [2.45, 2.75) is 50.7 Å². The van der Waals surface area contributed by atoms with Crippen LogP contribution in [0.2, 0.25) is 0 Å². The van der Waals surface area contributed by atoms with Crippen LogP contribution in [-0.2, 0) is 6.18 Å². The highest BCUT2D eigenvalue weighted by Crippen LogP contribution is 2.50. The highest BCUT2D eigenvalue weighted by Gasteiger charge is 2.42. The second-order valence-corrected chi connectivity index (χ2v) is 9.50. The number of aromatic nitrogens is 2. The highest BCUT2D eigenvalue weighted by atomic mass is 19.4. The summed E-state index contributed by atoms with van der Waals surface area (Å²) in [6.07, 6.45) is -0.713. The van der Waals surface area contributed by atoms with Crippen LogP contribution in [0.25, 0.3) is 0 Å². The fourth-order valence-corrected chi connectivity index (χ4v) is 4.98. The Kier molecular flexibility index (Phi) is 6.15. The van der Waals surface area contributed by atoms with E-state index in [4.69, 9.17) is 0 Å². The van der Waals surface area contributed by atoms with Crippen LogP contribution in [0.15, 0.2) is 58.7 Å². The maximum absolute atomic E-state index is 13.7. The molecule has 0 bridgehead atoms. The first kappa shape index (κ1) is 25.1. The van der Waals surface area contributed by atoms with E-state index < -0.39 is 29.8 Å². The summed E-state index contributed by atoms with van der Waals surface area (Å²) in [6.45, 7) is 3.10. The van der Waals surface area contributed by atoms with Crippen LogP contribution >= 0.6 is 0 Å². The van der Waals surface area contributed by atoms with Gasteiger partial charge in [0.1, 0.15) is 11.7 Å². The smallest absolute Gasteiger partial charge is 0.372 e. The SMILES string of the molecule is Cc1c([C@@H](C)N=C2NN(C)C(O)c3cc(=O)n([C@@H]4C[C@H]4c4cncc(F)c4)cc32)cccc1C(F)(F)F. The second-order valence-electron chi connectivity index (χ2n) is 9.50. The normalized spacial score (nSPS) is 23.5. The highest BCUT2D eigenvalue weighted by molar-refractivity contribution is 6.00. The van der Waals surface area contributed by atoms with Crippen molar-refractivity contribution >= 4 is 5.84 Å². The van der Waals surface area contributed by atoms with Gasteiger partial charge in [-0.3, -0.25) is 14.8 Å². The number of nitrogens with zero attached hydrogens (tertiary/aromatic N) is 4. The molecule has 3 aromatic rings. The molecule has 2 aliphatic rings. The van der Waals surface area contributed by atoms with E-state index in [0.29, 0.717) is 34.5 Å². The summed E-state index contributed by atoms with van der Waals surface area (Å²) < 4.78 is 55.5. The average molecular weight is 516 g/mol.